The third kappa shape index (κ3) is 8.53. The van der Waals surface area contributed by atoms with E-state index in [0.717, 1.165) is 29.5 Å². The van der Waals surface area contributed by atoms with Crippen molar-refractivity contribution in [1.29, 1.82) is 0 Å². The number of rotatable bonds is 15. The second kappa shape index (κ2) is 15.3. The summed E-state index contributed by atoms with van der Waals surface area (Å²) in [6, 6.07) is 23.5. The fraction of sp³-hybridized carbons (Fsp3) is 0.351. The zero-order valence-corrected chi connectivity index (χ0v) is 25.5. The van der Waals surface area contributed by atoms with Crippen LogP contribution in [0, 0.1) is 0 Å². The van der Waals surface area contributed by atoms with Crippen LogP contribution >= 0.6 is 0 Å². The van der Waals surface area contributed by atoms with Gasteiger partial charge in [0, 0.05) is 5.57 Å². The minimum atomic E-state index is -0.823. The van der Waals surface area contributed by atoms with Crippen molar-refractivity contribution in [3.05, 3.63) is 108 Å². The van der Waals surface area contributed by atoms with Crippen LogP contribution in [0.2, 0.25) is 0 Å². The fourth-order valence-electron chi connectivity index (χ4n) is 4.79. The number of hydrogen-bond acceptors (Lipinski definition) is 5. The molecule has 0 saturated heterocycles. The van der Waals surface area contributed by atoms with Gasteiger partial charge in [-0.15, -0.1) is 0 Å². The zero-order valence-electron chi connectivity index (χ0n) is 25.5. The van der Waals surface area contributed by atoms with E-state index in [2.05, 4.69) is 69.5 Å². The normalized spacial score (nSPS) is 12.3. The molecule has 1 atom stereocenters. The molecule has 0 aliphatic heterocycles. The first-order chi connectivity index (χ1) is 20.1. The molecule has 0 heterocycles. The van der Waals surface area contributed by atoms with Gasteiger partial charge >= 0.3 is 11.9 Å². The Labute approximate surface area is 250 Å². The van der Waals surface area contributed by atoms with Crippen LogP contribution in [-0.2, 0) is 37.3 Å². The van der Waals surface area contributed by atoms with E-state index in [0.29, 0.717) is 0 Å². The molecular formula is C37H44O5. The number of hydrogen-bond donors (Lipinski definition) is 1. The van der Waals surface area contributed by atoms with Gasteiger partial charge in [0.15, 0.2) is 0 Å². The molecule has 5 nitrogen and oxygen atoms in total. The molecule has 0 spiro atoms. The highest BCUT2D eigenvalue weighted by molar-refractivity contribution is 5.88. The Morgan fingerprint density at radius 2 is 1.40 bits per heavy atom. The van der Waals surface area contributed by atoms with E-state index in [1.165, 1.54) is 41.5 Å². The van der Waals surface area contributed by atoms with Crippen molar-refractivity contribution in [3.8, 4) is 22.3 Å². The molecule has 3 aromatic carbocycles. The SMILES string of the molecule is C=C(C)C(=O)OCC(C)(COC(=O)C(=C)CO)c1ccc(-c2ccc(-c3ccc(CCCCC)cc3)c(CC)c2)cc1. The molecule has 0 amide bonds. The molecule has 3 rings (SSSR count). The number of esters is 2. The van der Waals surface area contributed by atoms with E-state index in [1.807, 2.05) is 31.2 Å². The maximum atomic E-state index is 12.2. The zero-order chi connectivity index (χ0) is 30.7. The molecule has 5 heteroatoms. The smallest absolute Gasteiger partial charge is 0.335 e. The Kier molecular flexibility index (Phi) is 11.9. The lowest BCUT2D eigenvalue weighted by Gasteiger charge is -2.29. The number of carbonyl (C=O) groups is 2. The Balaban J connectivity index is 1.83. The lowest BCUT2D eigenvalue weighted by atomic mass is 9.83. The molecule has 222 valence electrons. The molecule has 0 aliphatic rings. The van der Waals surface area contributed by atoms with Crippen molar-refractivity contribution in [2.45, 2.75) is 65.2 Å². The summed E-state index contributed by atoms with van der Waals surface area (Å²) in [5.74, 6) is -1.20. The molecule has 1 unspecified atom stereocenters. The summed E-state index contributed by atoms with van der Waals surface area (Å²) in [6.45, 7) is 14.5. The number of aliphatic hydroxyl groups excluding tert-OH is 1. The Morgan fingerprint density at radius 1 is 0.810 bits per heavy atom. The van der Waals surface area contributed by atoms with Crippen molar-refractivity contribution in [3.63, 3.8) is 0 Å². The van der Waals surface area contributed by atoms with Crippen molar-refractivity contribution in [2.75, 3.05) is 19.8 Å². The Morgan fingerprint density at radius 3 is 1.98 bits per heavy atom. The van der Waals surface area contributed by atoms with Gasteiger partial charge in [0.25, 0.3) is 0 Å². The topological polar surface area (TPSA) is 72.8 Å². The number of aryl methyl sites for hydroxylation is 2. The van der Waals surface area contributed by atoms with Gasteiger partial charge in [-0.05, 0) is 72.1 Å². The maximum Gasteiger partial charge on any atom is 0.335 e. The molecule has 1 N–H and O–H groups in total. The number of ether oxygens (including phenoxy) is 2. The summed E-state index contributed by atoms with van der Waals surface area (Å²) in [5, 5.41) is 9.21. The minimum absolute atomic E-state index is 0.0109. The highest BCUT2D eigenvalue weighted by atomic mass is 16.5. The van der Waals surface area contributed by atoms with Gasteiger partial charge in [-0.25, -0.2) is 9.59 Å². The summed E-state index contributed by atoms with van der Waals surface area (Å²) in [4.78, 5) is 24.3. The summed E-state index contributed by atoms with van der Waals surface area (Å²) in [5.41, 5.74) is 7.58. The van der Waals surface area contributed by atoms with Crippen LogP contribution in [0.1, 0.15) is 63.6 Å². The Bertz CT molecular complexity index is 1380. The predicted molar refractivity (Wildman–Crippen MR) is 170 cm³/mol. The number of benzene rings is 3. The van der Waals surface area contributed by atoms with Crippen molar-refractivity contribution in [2.24, 2.45) is 0 Å². The van der Waals surface area contributed by atoms with Crippen LogP contribution in [0.3, 0.4) is 0 Å². The second-order valence-corrected chi connectivity index (χ2v) is 11.2. The molecule has 42 heavy (non-hydrogen) atoms. The molecule has 0 aromatic heterocycles. The average molecular weight is 569 g/mol. The van der Waals surface area contributed by atoms with E-state index in [4.69, 9.17) is 9.47 Å². The highest BCUT2D eigenvalue weighted by Crippen LogP contribution is 2.32. The second-order valence-electron chi connectivity index (χ2n) is 11.2. The van der Waals surface area contributed by atoms with Gasteiger partial charge in [0.2, 0.25) is 0 Å². The summed E-state index contributed by atoms with van der Waals surface area (Å²) in [6.07, 6.45) is 5.76. The van der Waals surface area contributed by atoms with E-state index < -0.39 is 24.0 Å². The third-order valence-corrected chi connectivity index (χ3v) is 7.61. The van der Waals surface area contributed by atoms with E-state index in [-0.39, 0.29) is 24.4 Å². The van der Waals surface area contributed by atoms with Gasteiger partial charge in [-0.2, -0.15) is 0 Å². The molecule has 0 saturated carbocycles. The average Bonchev–Trinajstić information content (AvgIpc) is 3.02. The molecule has 3 aromatic rings. The monoisotopic (exact) mass is 568 g/mol. The summed E-state index contributed by atoms with van der Waals surface area (Å²) in [7, 11) is 0. The van der Waals surface area contributed by atoms with E-state index in [1.54, 1.807) is 6.92 Å². The van der Waals surface area contributed by atoms with Crippen LogP contribution in [0.5, 0.6) is 0 Å². The first kappa shape index (κ1) is 32.6. The number of unbranched alkanes of at least 4 members (excludes halogenated alkanes) is 2. The van der Waals surface area contributed by atoms with Gasteiger partial charge in [-0.3, -0.25) is 0 Å². The largest absolute Gasteiger partial charge is 0.461 e. The van der Waals surface area contributed by atoms with Crippen molar-refractivity contribution in [1.82, 2.24) is 0 Å². The van der Waals surface area contributed by atoms with E-state index in [9.17, 15) is 14.7 Å². The standard InChI is InChI=1S/C37H44O5/c1-7-9-10-11-28-12-14-31(15-13-28)34-21-18-32(22-29(34)8-2)30-16-19-33(20-17-30)37(6,24-41-35(39)26(3)4)25-42-36(40)27(5)23-38/h12-22,38H,3,5,7-11,23-25H2,1-2,4,6H3. The lowest BCUT2D eigenvalue weighted by molar-refractivity contribution is -0.145. The minimum Gasteiger partial charge on any atom is -0.461 e. The van der Waals surface area contributed by atoms with Gasteiger partial charge in [-0.1, -0.05) is 107 Å². The number of aliphatic hydroxyl groups is 1. The Hall–Kier alpha value is -3.96. The fourth-order valence-corrected chi connectivity index (χ4v) is 4.79. The van der Waals surface area contributed by atoms with Gasteiger partial charge in [0.05, 0.1) is 17.6 Å². The third-order valence-electron chi connectivity index (χ3n) is 7.61. The molecule has 0 radical (unpaired) electrons. The van der Waals surface area contributed by atoms with Crippen LogP contribution in [0.15, 0.2) is 91.0 Å². The van der Waals surface area contributed by atoms with Crippen molar-refractivity contribution >= 4 is 11.9 Å². The molecule has 0 aliphatic carbocycles. The number of carbonyl (C=O) groups excluding carboxylic acids is 2. The van der Waals surface area contributed by atoms with Crippen LogP contribution < -0.4 is 0 Å². The quantitative estimate of drug-likeness (QED) is 0.115. The highest BCUT2D eigenvalue weighted by Gasteiger charge is 2.31. The first-order valence-electron chi connectivity index (χ1n) is 14.7. The summed E-state index contributed by atoms with van der Waals surface area (Å²) < 4.78 is 10.9. The molecule has 0 bridgehead atoms. The maximum absolute atomic E-state index is 12.2. The van der Waals surface area contributed by atoms with E-state index >= 15 is 0 Å². The van der Waals surface area contributed by atoms with Gasteiger partial charge < -0.3 is 14.6 Å². The molecular weight excluding hydrogens is 524 g/mol. The summed E-state index contributed by atoms with van der Waals surface area (Å²) >= 11 is 0. The van der Waals surface area contributed by atoms with Crippen LogP contribution in [-0.4, -0.2) is 36.9 Å². The van der Waals surface area contributed by atoms with Gasteiger partial charge in [0.1, 0.15) is 13.2 Å². The lowest BCUT2D eigenvalue weighted by Crippen LogP contribution is -2.36. The predicted octanol–water partition coefficient (Wildman–Crippen LogP) is 7.78. The van der Waals surface area contributed by atoms with Crippen LogP contribution in [0.4, 0.5) is 0 Å². The molecule has 0 fully saturated rings. The van der Waals surface area contributed by atoms with Crippen molar-refractivity contribution < 1.29 is 24.2 Å². The van der Waals surface area contributed by atoms with Crippen LogP contribution in [0.25, 0.3) is 22.3 Å². The first-order valence-corrected chi connectivity index (χ1v) is 14.7.